The van der Waals surface area contributed by atoms with Crippen LogP contribution in [0, 0.1) is 20.2 Å². The highest BCUT2D eigenvalue weighted by Crippen LogP contribution is 2.37. The summed E-state index contributed by atoms with van der Waals surface area (Å²) in [5.41, 5.74) is 0.738. The van der Waals surface area contributed by atoms with E-state index in [0.29, 0.717) is 46.5 Å². The zero-order chi connectivity index (χ0) is 32.4. The lowest BCUT2D eigenvalue weighted by atomic mass is 10.1. The van der Waals surface area contributed by atoms with Gasteiger partial charge in [-0.2, -0.15) is 0 Å². The molecule has 0 saturated heterocycles. The van der Waals surface area contributed by atoms with Crippen molar-refractivity contribution in [2.45, 2.75) is 84.3 Å². The van der Waals surface area contributed by atoms with Crippen molar-refractivity contribution in [1.29, 1.82) is 0 Å². The number of nitrogens with zero attached hydrogens (tertiary/aromatic N) is 2. The Bertz CT molecular complexity index is 1360. The van der Waals surface area contributed by atoms with Gasteiger partial charge in [0, 0.05) is 17.7 Å². The van der Waals surface area contributed by atoms with Crippen LogP contribution in [0.25, 0.3) is 0 Å². The molecule has 0 radical (unpaired) electrons. The zero-order valence-electron chi connectivity index (χ0n) is 26.5. The molecule has 0 fully saturated rings. The largest absolute Gasteiger partial charge is 0.493 e. The molecule has 0 aliphatic rings. The van der Waals surface area contributed by atoms with Crippen LogP contribution in [0.1, 0.15) is 82.3 Å². The highest BCUT2D eigenvalue weighted by atomic mass is 16.6. The first-order valence-electron chi connectivity index (χ1n) is 15.5. The fraction of sp³-hybridized carbons (Fsp3) is 0.471. The van der Waals surface area contributed by atoms with Crippen molar-refractivity contribution in [3.05, 3.63) is 86.0 Å². The normalized spacial score (nSPS) is 10.7. The SMILES string of the molecule is CCCCCCCCCCCCOc1cc([N+](=O)[O-])c(COc2c(COc3ccc([N+](=O)[O-])cc3)cccc2OC)cc1OC. The lowest BCUT2D eigenvalue weighted by Gasteiger charge is -2.17. The van der Waals surface area contributed by atoms with Gasteiger partial charge in [-0.1, -0.05) is 76.8 Å². The number of nitro benzene ring substituents is 2. The third-order valence-corrected chi connectivity index (χ3v) is 7.41. The molecule has 0 amide bonds. The Kier molecular flexibility index (Phi) is 14.7. The summed E-state index contributed by atoms with van der Waals surface area (Å²) >= 11 is 0. The molecule has 0 aliphatic carbocycles. The Balaban J connectivity index is 1.62. The minimum absolute atomic E-state index is 0.0417. The standard InChI is InChI=1S/C34H44N2O9/c1-4-5-6-7-8-9-10-11-12-13-21-43-33-23-30(36(39)40)27(22-32(33)42-3)25-45-34-26(15-14-16-31(34)41-2)24-44-29-19-17-28(18-20-29)35(37)38/h14-20,22-23H,4-13,21,24-25H2,1-3H3. The minimum atomic E-state index is -0.483. The Hall–Kier alpha value is -4.54. The van der Waals surface area contributed by atoms with Crippen molar-refractivity contribution < 1.29 is 33.5 Å². The van der Waals surface area contributed by atoms with Crippen LogP contribution >= 0.6 is 0 Å². The summed E-state index contributed by atoms with van der Waals surface area (Å²) in [5, 5.41) is 23.0. The van der Waals surface area contributed by atoms with Gasteiger partial charge in [0.1, 0.15) is 19.0 Å². The molecule has 0 aromatic heterocycles. The number of methoxy groups -OCH3 is 2. The maximum atomic E-state index is 12.0. The van der Waals surface area contributed by atoms with Crippen molar-refractivity contribution >= 4 is 11.4 Å². The second-order valence-corrected chi connectivity index (χ2v) is 10.7. The van der Waals surface area contributed by atoms with E-state index in [4.69, 9.17) is 23.7 Å². The molecule has 0 aliphatic heterocycles. The van der Waals surface area contributed by atoms with Crippen LogP contribution in [0.3, 0.4) is 0 Å². The molecule has 3 rings (SSSR count). The average Bonchev–Trinajstić information content (AvgIpc) is 3.05. The van der Waals surface area contributed by atoms with Gasteiger partial charge in [-0.25, -0.2) is 0 Å². The summed E-state index contributed by atoms with van der Waals surface area (Å²) in [4.78, 5) is 22.0. The van der Waals surface area contributed by atoms with E-state index in [2.05, 4.69) is 6.92 Å². The number of rotatable bonds is 22. The van der Waals surface area contributed by atoms with E-state index in [1.54, 1.807) is 24.3 Å². The summed E-state index contributed by atoms with van der Waals surface area (Å²) in [7, 11) is 2.99. The maximum Gasteiger partial charge on any atom is 0.280 e. The van der Waals surface area contributed by atoms with Gasteiger partial charge in [0.25, 0.3) is 11.4 Å². The van der Waals surface area contributed by atoms with Crippen molar-refractivity contribution in [2.24, 2.45) is 0 Å². The predicted octanol–water partition coefficient (Wildman–Crippen LogP) is 8.98. The molecule has 3 aromatic carbocycles. The number of hydrogen-bond acceptors (Lipinski definition) is 9. The van der Waals surface area contributed by atoms with Crippen molar-refractivity contribution in [3.8, 4) is 28.7 Å². The van der Waals surface area contributed by atoms with Crippen LogP contribution in [0.5, 0.6) is 28.7 Å². The highest BCUT2D eigenvalue weighted by molar-refractivity contribution is 5.55. The molecule has 0 spiro atoms. The molecule has 244 valence electrons. The summed E-state index contributed by atoms with van der Waals surface area (Å²) in [6.07, 6.45) is 12.0. The first kappa shape index (κ1) is 34.9. The third-order valence-electron chi connectivity index (χ3n) is 7.41. The molecule has 0 heterocycles. The van der Waals surface area contributed by atoms with Crippen molar-refractivity contribution in [3.63, 3.8) is 0 Å². The molecule has 11 nitrogen and oxygen atoms in total. The van der Waals surface area contributed by atoms with Gasteiger partial charge in [0.2, 0.25) is 0 Å². The van der Waals surface area contributed by atoms with Crippen LogP contribution in [0.15, 0.2) is 54.6 Å². The topological polar surface area (TPSA) is 132 Å². The molecule has 0 bridgehead atoms. The smallest absolute Gasteiger partial charge is 0.280 e. The quantitative estimate of drug-likeness (QED) is 0.0610. The van der Waals surface area contributed by atoms with Gasteiger partial charge in [0.15, 0.2) is 23.0 Å². The number of ether oxygens (including phenoxy) is 5. The molecule has 45 heavy (non-hydrogen) atoms. The Labute approximate surface area is 264 Å². The molecule has 0 atom stereocenters. The minimum Gasteiger partial charge on any atom is -0.493 e. The van der Waals surface area contributed by atoms with Gasteiger partial charge in [-0.3, -0.25) is 20.2 Å². The maximum absolute atomic E-state index is 12.0. The van der Waals surface area contributed by atoms with Crippen LogP contribution in [0.2, 0.25) is 0 Å². The monoisotopic (exact) mass is 624 g/mol. The van der Waals surface area contributed by atoms with E-state index >= 15 is 0 Å². The summed E-state index contributed by atoms with van der Waals surface area (Å²) in [6, 6.07) is 13.9. The van der Waals surface area contributed by atoms with E-state index in [9.17, 15) is 20.2 Å². The second kappa shape index (κ2) is 19.0. The van der Waals surface area contributed by atoms with Gasteiger partial charge < -0.3 is 23.7 Å². The van der Waals surface area contributed by atoms with Gasteiger partial charge in [0.05, 0.1) is 42.3 Å². The number of hydrogen-bond donors (Lipinski definition) is 0. The molecule has 11 heteroatoms. The Morgan fingerprint density at radius 3 is 1.84 bits per heavy atom. The summed E-state index contributed by atoms with van der Waals surface area (Å²) in [5.74, 6) is 1.91. The Morgan fingerprint density at radius 2 is 1.24 bits per heavy atom. The van der Waals surface area contributed by atoms with E-state index in [1.165, 1.54) is 89.5 Å². The lowest BCUT2D eigenvalue weighted by Crippen LogP contribution is -2.07. The van der Waals surface area contributed by atoms with E-state index in [-0.39, 0.29) is 24.6 Å². The Morgan fingerprint density at radius 1 is 0.622 bits per heavy atom. The number of nitro groups is 2. The van der Waals surface area contributed by atoms with Crippen molar-refractivity contribution in [2.75, 3.05) is 20.8 Å². The number of benzene rings is 3. The van der Waals surface area contributed by atoms with E-state index in [0.717, 1.165) is 19.3 Å². The first-order valence-corrected chi connectivity index (χ1v) is 15.5. The number of unbranched alkanes of at least 4 members (excludes halogenated alkanes) is 9. The molecule has 0 N–H and O–H groups in total. The van der Waals surface area contributed by atoms with Crippen LogP contribution < -0.4 is 23.7 Å². The third kappa shape index (κ3) is 11.2. The summed E-state index contributed by atoms with van der Waals surface area (Å²) < 4.78 is 28.8. The fourth-order valence-electron chi connectivity index (χ4n) is 4.90. The van der Waals surface area contributed by atoms with Crippen LogP contribution in [-0.2, 0) is 13.2 Å². The number of non-ortho nitro benzene ring substituents is 1. The van der Waals surface area contributed by atoms with Gasteiger partial charge in [-0.15, -0.1) is 0 Å². The average molecular weight is 625 g/mol. The van der Waals surface area contributed by atoms with Gasteiger partial charge >= 0.3 is 0 Å². The first-order chi connectivity index (χ1) is 21.9. The number of para-hydroxylation sites is 1. The summed E-state index contributed by atoms with van der Waals surface area (Å²) in [6.45, 7) is 2.60. The van der Waals surface area contributed by atoms with E-state index < -0.39 is 9.85 Å². The molecular formula is C34H44N2O9. The van der Waals surface area contributed by atoms with Crippen molar-refractivity contribution in [1.82, 2.24) is 0 Å². The van der Waals surface area contributed by atoms with Gasteiger partial charge in [-0.05, 0) is 30.7 Å². The second-order valence-electron chi connectivity index (χ2n) is 10.7. The molecule has 0 unspecified atom stereocenters. The van der Waals surface area contributed by atoms with Crippen LogP contribution in [0.4, 0.5) is 11.4 Å². The van der Waals surface area contributed by atoms with Crippen LogP contribution in [-0.4, -0.2) is 30.7 Å². The predicted molar refractivity (Wildman–Crippen MR) is 172 cm³/mol. The molecular weight excluding hydrogens is 580 g/mol. The highest BCUT2D eigenvalue weighted by Gasteiger charge is 2.22. The molecule has 3 aromatic rings. The molecule has 0 saturated carbocycles. The van der Waals surface area contributed by atoms with E-state index in [1.807, 2.05) is 0 Å². The lowest BCUT2D eigenvalue weighted by molar-refractivity contribution is -0.385. The fourth-order valence-corrected chi connectivity index (χ4v) is 4.90. The zero-order valence-corrected chi connectivity index (χ0v) is 26.5.